The van der Waals surface area contributed by atoms with Crippen molar-refractivity contribution >= 4 is 10.1 Å². The molecule has 0 saturated heterocycles. The zero-order valence-electron chi connectivity index (χ0n) is 8.32. The van der Waals surface area contributed by atoms with Crippen molar-refractivity contribution in [1.82, 2.24) is 0 Å². The van der Waals surface area contributed by atoms with Crippen LogP contribution in [0.15, 0.2) is 0 Å². The Labute approximate surface area is 80.6 Å². The van der Waals surface area contributed by atoms with E-state index in [-0.39, 0.29) is 0 Å². The fourth-order valence-corrected chi connectivity index (χ4v) is 2.16. The molecule has 1 aliphatic carbocycles. The predicted octanol–water partition coefficient (Wildman–Crippen LogP) is 1.79. The highest BCUT2D eigenvalue weighted by Gasteiger charge is 2.19. The Morgan fingerprint density at radius 2 is 1.77 bits per heavy atom. The zero-order chi connectivity index (χ0) is 9.90. The van der Waals surface area contributed by atoms with Crippen LogP contribution in [0.1, 0.15) is 32.6 Å². The van der Waals surface area contributed by atoms with Gasteiger partial charge >= 0.3 is 0 Å². The van der Waals surface area contributed by atoms with Gasteiger partial charge in [-0.3, -0.25) is 4.18 Å². The van der Waals surface area contributed by atoms with Gasteiger partial charge < -0.3 is 0 Å². The first-order chi connectivity index (χ1) is 5.97. The van der Waals surface area contributed by atoms with E-state index in [0.29, 0.717) is 12.5 Å². The van der Waals surface area contributed by atoms with Crippen LogP contribution in [0.3, 0.4) is 0 Å². The van der Waals surface area contributed by atoms with Crippen LogP contribution in [0.5, 0.6) is 0 Å². The quantitative estimate of drug-likeness (QED) is 0.661. The molecule has 0 atom stereocenters. The van der Waals surface area contributed by atoms with E-state index in [4.69, 9.17) is 4.18 Å². The number of hydrogen-bond acceptors (Lipinski definition) is 3. The van der Waals surface area contributed by atoms with Crippen molar-refractivity contribution in [3.63, 3.8) is 0 Å². The summed E-state index contributed by atoms with van der Waals surface area (Å²) in [7, 11) is -3.24. The van der Waals surface area contributed by atoms with E-state index in [1.165, 1.54) is 12.8 Å². The summed E-state index contributed by atoms with van der Waals surface area (Å²) in [4.78, 5) is 0. The molecule has 0 bridgehead atoms. The van der Waals surface area contributed by atoms with Gasteiger partial charge in [0, 0.05) is 0 Å². The maximum atomic E-state index is 10.7. The van der Waals surface area contributed by atoms with Crippen LogP contribution < -0.4 is 0 Å². The third-order valence-corrected chi connectivity index (χ3v) is 3.22. The molecular weight excluding hydrogens is 188 g/mol. The van der Waals surface area contributed by atoms with Crippen LogP contribution >= 0.6 is 0 Å². The Hall–Kier alpha value is -0.0900. The molecule has 1 fully saturated rings. The van der Waals surface area contributed by atoms with Crippen LogP contribution in [0.2, 0.25) is 0 Å². The van der Waals surface area contributed by atoms with Crippen molar-refractivity contribution in [2.75, 3.05) is 12.9 Å². The van der Waals surface area contributed by atoms with Crippen molar-refractivity contribution in [2.45, 2.75) is 32.6 Å². The molecule has 1 aliphatic rings. The largest absolute Gasteiger partial charge is 0.270 e. The molecule has 0 N–H and O–H groups in total. The molecule has 13 heavy (non-hydrogen) atoms. The Morgan fingerprint density at radius 1 is 1.23 bits per heavy atom. The molecule has 0 aromatic carbocycles. The van der Waals surface area contributed by atoms with E-state index >= 15 is 0 Å². The molecule has 0 aromatic heterocycles. The van der Waals surface area contributed by atoms with Crippen molar-refractivity contribution in [3.8, 4) is 0 Å². The van der Waals surface area contributed by atoms with Crippen LogP contribution in [0.4, 0.5) is 0 Å². The van der Waals surface area contributed by atoms with Crippen molar-refractivity contribution < 1.29 is 12.6 Å². The first-order valence-electron chi connectivity index (χ1n) is 4.82. The molecule has 1 saturated carbocycles. The summed E-state index contributed by atoms with van der Waals surface area (Å²) < 4.78 is 26.2. The summed E-state index contributed by atoms with van der Waals surface area (Å²) in [6.07, 6.45) is 5.74. The summed E-state index contributed by atoms with van der Waals surface area (Å²) in [6.45, 7) is 2.62. The van der Waals surface area contributed by atoms with Crippen molar-refractivity contribution in [1.29, 1.82) is 0 Å². The lowest BCUT2D eigenvalue weighted by Crippen LogP contribution is -2.19. The first-order valence-corrected chi connectivity index (χ1v) is 6.63. The van der Waals surface area contributed by atoms with Gasteiger partial charge in [0.05, 0.1) is 12.9 Å². The second-order valence-corrected chi connectivity index (χ2v) is 5.76. The Bertz CT molecular complexity index is 238. The van der Waals surface area contributed by atoms with Gasteiger partial charge in [0.1, 0.15) is 0 Å². The average Bonchev–Trinajstić information content (AvgIpc) is 2.02. The average molecular weight is 206 g/mol. The van der Waals surface area contributed by atoms with Crippen LogP contribution in [0.25, 0.3) is 0 Å². The minimum atomic E-state index is -3.24. The lowest BCUT2D eigenvalue weighted by atomic mass is 9.83. The maximum Gasteiger partial charge on any atom is 0.264 e. The zero-order valence-corrected chi connectivity index (χ0v) is 9.14. The second kappa shape index (κ2) is 4.42. The highest BCUT2D eigenvalue weighted by Crippen LogP contribution is 2.28. The molecular formula is C9H18O3S. The third kappa shape index (κ3) is 4.62. The highest BCUT2D eigenvalue weighted by atomic mass is 32.2. The van der Waals surface area contributed by atoms with Crippen LogP contribution in [-0.4, -0.2) is 21.3 Å². The van der Waals surface area contributed by atoms with Gasteiger partial charge in [-0.1, -0.05) is 19.8 Å². The predicted molar refractivity (Wildman–Crippen MR) is 51.9 cm³/mol. The maximum absolute atomic E-state index is 10.7. The summed E-state index contributed by atoms with van der Waals surface area (Å²) in [5, 5.41) is 0. The van der Waals surface area contributed by atoms with Crippen LogP contribution in [-0.2, 0) is 14.3 Å². The minimum absolute atomic E-state index is 0.381. The monoisotopic (exact) mass is 206 g/mol. The van der Waals surface area contributed by atoms with E-state index in [9.17, 15) is 8.42 Å². The highest BCUT2D eigenvalue weighted by molar-refractivity contribution is 7.85. The molecule has 3 nitrogen and oxygen atoms in total. The van der Waals surface area contributed by atoms with Crippen molar-refractivity contribution in [3.05, 3.63) is 0 Å². The van der Waals surface area contributed by atoms with Gasteiger partial charge in [-0.25, -0.2) is 0 Å². The minimum Gasteiger partial charge on any atom is -0.270 e. The summed E-state index contributed by atoms with van der Waals surface area (Å²) in [6, 6.07) is 0. The smallest absolute Gasteiger partial charge is 0.264 e. The van der Waals surface area contributed by atoms with E-state index < -0.39 is 10.1 Å². The lowest BCUT2D eigenvalue weighted by Gasteiger charge is -2.25. The topological polar surface area (TPSA) is 43.4 Å². The van der Waals surface area contributed by atoms with E-state index in [2.05, 4.69) is 6.92 Å². The molecule has 4 heteroatoms. The summed E-state index contributed by atoms with van der Waals surface area (Å²) in [5.74, 6) is 1.25. The fourth-order valence-electron chi connectivity index (χ4n) is 1.72. The van der Waals surface area contributed by atoms with Crippen molar-refractivity contribution in [2.24, 2.45) is 11.8 Å². The molecule has 0 aliphatic heterocycles. The van der Waals surface area contributed by atoms with E-state index in [0.717, 1.165) is 25.0 Å². The number of hydrogen-bond donors (Lipinski definition) is 0. The Morgan fingerprint density at radius 3 is 2.23 bits per heavy atom. The second-order valence-electron chi connectivity index (χ2n) is 4.11. The lowest BCUT2D eigenvalue weighted by molar-refractivity contribution is 0.193. The summed E-state index contributed by atoms with van der Waals surface area (Å²) in [5.41, 5.74) is 0. The Kier molecular flexibility index (Phi) is 3.74. The molecule has 0 amide bonds. The molecule has 0 spiro atoms. The normalized spacial score (nSPS) is 30.3. The van der Waals surface area contributed by atoms with Gasteiger partial charge in [0.15, 0.2) is 0 Å². The third-order valence-electron chi connectivity index (χ3n) is 2.65. The van der Waals surface area contributed by atoms with Gasteiger partial charge in [-0.15, -0.1) is 0 Å². The molecule has 78 valence electrons. The fraction of sp³-hybridized carbons (Fsp3) is 1.00. The van der Waals surface area contributed by atoms with Gasteiger partial charge in [0.25, 0.3) is 10.1 Å². The molecule has 0 unspecified atom stereocenters. The summed E-state index contributed by atoms with van der Waals surface area (Å²) >= 11 is 0. The molecule has 0 radical (unpaired) electrons. The van der Waals surface area contributed by atoms with Gasteiger partial charge in [0.2, 0.25) is 0 Å². The van der Waals surface area contributed by atoms with E-state index in [1.807, 2.05) is 0 Å². The van der Waals surface area contributed by atoms with Gasteiger partial charge in [-0.05, 0) is 24.7 Å². The van der Waals surface area contributed by atoms with Gasteiger partial charge in [-0.2, -0.15) is 8.42 Å². The standard InChI is InChI=1S/C9H18O3S/c1-8-3-5-9(6-4-8)7-12-13(2,10)11/h8-9H,3-7H2,1-2H3/t8-,9+. The first kappa shape index (κ1) is 11.0. The SMILES string of the molecule is CS(=O)(=O)OC[C@H]1CC[C@@H](C)CC1. The molecule has 0 heterocycles. The van der Waals surface area contributed by atoms with E-state index in [1.54, 1.807) is 0 Å². The molecule has 0 aromatic rings. The molecule has 1 rings (SSSR count). The Balaban J connectivity index is 2.24. The van der Waals surface area contributed by atoms with Crippen LogP contribution in [0, 0.1) is 11.8 Å². The number of rotatable bonds is 3.